The minimum Gasteiger partial charge on any atom is -0.496 e. The van der Waals surface area contributed by atoms with Gasteiger partial charge in [0.15, 0.2) is 0 Å². The Morgan fingerprint density at radius 2 is 1.52 bits per heavy atom. The van der Waals surface area contributed by atoms with E-state index in [2.05, 4.69) is 10.5 Å². The van der Waals surface area contributed by atoms with Gasteiger partial charge in [0.25, 0.3) is 0 Å². The number of benzene rings is 2. The van der Waals surface area contributed by atoms with E-state index < -0.39 is 0 Å². The molecule has 0 aliphatic carbocycles. The topological polar surface area (TPSA) is 52.1 Å². The summed E-state index contributed by atoms with van der Waals surface area (Å²) in [5.41, 5.74) is 4.93. The van der Waals surface area contributed by atoms with Gasteiger partial charge in [-0.3, -0.25) is 5.43 Å². The monoisotopic (exact) mass is 318 g/mol. The van der Waals surface area contributed by atoms with E-state index in [0.717, 1.165) is 0 Å². The lowest BCUT2D eigenvalue weighted by molar-refractivity contribution is 0.374. The number of hydrazone groups is 1. The maximum atomic E-state index is 12.9. The van der Waals surface area contributed by atoms with Crippen molar-refractivity contribution in [3.8, 4) is 17.2 Å². The summed E-state index contributed by atoms with van der Waals surface area (Å²) in [6, 6.07) is 9.45. The molecule has 0 spiro atoms. The van der Waals surface area contributed by atoms with Gasteiger partial charge in [-0.15, -0.1) is 0 Å². The number of halogens is 1. The van der Waals surface area contributed by atoms with Crippen molar-refractivity contribution in [3.63, 3.8) is 0 Å². The first-order valence-electron chi connectivity index (χ1n) is 6.95. The molecule has 2 aromatic carbocycles. The minimum atomic E-state index is -0.297. The van der Waals surface area contributed by atoms with Crippen LogP contribution in [-0.2, 0) is 0 Å². The second-order valence-corrected chi connectivity index (χ2v) is 4.72. The molecule has 0 unspecified atom stereocenters. The number of hydrogen-bond acceptors (Lipinski definition) is 5. The molecule has 1 N–H and O–H groups in total. The zero-order valence-electron chi connectivity index (χ0n) is 13.5. The van der Waals surface area contributed by atoms with Crippen molar-refractivity contribution in [2.45, 2.75) is 6.92 Å². The van der Waals surface area contributed by atoms with E-state index >= 15 is 0 Å². The second-order valence-electron chi connectivity index (χ2n) is 4.72. The first-order chi connectivity index (χ1) is 11.1. The summed E-state index contributed by atoms with van der Waals surface area (Å²) >= 11 is 0. The highest BCUT2D eigenvalue weighted by Gasteiger charge is 2.16. The van der Waals surface area contributed by atoms with Crippen molar-refractivity contribution in [3.05, 3.63) is 47.8 Å². The average Bonchev–Trinajstić information content (AvgIpc) is 2.59. The van der Waals surface area contributed by atoms with Gasteiger partial charge in [-0.05, 0) is 31.2 Å². The van der Waals surface area contributed by atoms with Crippen molar-refractivity contribution in [1.82, 2.24) is 0 Å². The fourth-order valence-corrected chi connectivity index (χ4v) is 2.09. The second kappa shape index (κ2) is 7.49. The molecule has 0 radical (unpaired) electrons. The Morgan fingerprint density at radius 1 is 0.957 bits per heavy atom. The summed E-state index contributed by atoms with van der Waals surface area (Å²) in [5.74, 6) is 1.50. The van der Waals surface area contributed by atoms with Crippen LogP contribution in [0.5, 0.6) is 17.2 Å². The molecule has 0 heterocycles. The number of hydrogen-bond donors (Lipinski definition) is 1. The molecule has 0 aliphatic heterocycles. The van der Waals surface area contributed by atoms with Crippen LogP contribution < -0.4 is 19.6 Å². The summed E-state index contributed by atoms with van der Waals surface area (Å²) < 4.78 is 28.9. The van der Waals surface area contributed by atoms with Crippen LogP contribution in [0.15, 0.2) is 41.5 Å². The average molecular weight is 318 g/mol. The van der Waals surface area contributed by atoms with E-state index in [1.165, 1.54) is 12.1 Å². The summed E-state index contributed by atoms with van der Waals surface area (Å²) in [7, 11) is 4.71. The highest BCUT2D eigenvalue weighted by Crippen LogP contribution is 2.34. The summed E-state index contributed by atoms with van der Waals surface area (Å²) in [6.45, 7) is 1.82. The van der Waals surface area contributed by atoms with E-state index in [1.807, 2.05) is 6.92 Å². The summed E-state index contributed by atoms with van der Waals surface area (Å²) in [6.07, 6.45) is 0. The molecule has 2 aromatic rings. The fourth-order valence-electron chi connectivity index (χ4n) is 2.09. The van der Waals surface area contributed by atoms with Crippen LogP contribution in [0, 0.1) is 5.82 Å². The zero-order valence-corrected chi connectivity index (χ0v) is 13.5. The van der Waals surface area contributed by atoms with E-state index in [1.54, 1.807) is 45.6 Å². The third kappa shape index (κ3) is 3.91. The lowest BCUT2D eigenvalue weighted by atomic mass is 10.1. The number of nitrogens with one attached hydrogen (secondary N) is 1. The van der Waals surface area contributed by atoms with Gasteiger partial charge in [0.2, 0.25) is 0 Å². The van der Waals surface area contributed by atoms with Crippen LogP contribution in [0.4, 0.5) is 10.1 Å². The van der Waals surface area contributed by atoms with E-state index in [4.69, 9.17) is 14.2 Å². The Kier molecular flexibility index (Phi) is 5.41. The van der Waals surface area contributed by atoms with Gasteiger partial charge in [-0.2, -0.15) is 5.10 Å². The maximum absolute atomic E-state index is 12.9. The zero-order chi connectivity index (χ0) is 16.8. The van der Waals surface area contributed by atoms with Crippen LogP contribution in [0.25, 0.3) is 0 Å². The van der Waals surface area contributed by atoms with Crippen LogP contribution in [0.1, 0.15) is 12.5 Å². The molecule has 2 rings (SSSR count). The predicted molar refractivity (Wildman–Crippen MR) is 88.3 cm³/mol. The standard InChI is InChI=1S/C17H19FN2O3/c1-11(19-20-13-7-5-12(18)6-8-13)17-15(22-3)9-14(21-2)10-16(17)23-4/h5-10,20H,1-4H3/b19-11+. The number of ether oxygens (including phenoxy) is 3. The van der Waals surface area contributed by atoms with Crippen molar-refractivity contribution in [1.29, 1.82) is 0 Å². The van der Waals surface area contributed by atoms with Crippen molar-refractivity contribution >= 4 is 11.4 Å². The Hall–Kier alpha value is -2.76. The van der Waals surface area contributed by atoms with Gasteiger partial charge in [-0.25, -0.2) is 4.39 Å². The number of anilines is 1. The summed E-state index contributed by atoms with van der Waals surface area (Å²) in [4.78, 5) is 0. The Bertz CT molecular complexity index is 674. The molecule has 23 heavy (non-hydrogen) atoms. The Labute approximate surface area is 134 Å². The molecule has 0 aliphatic rings. The largest absolute Gasteiger partial charge is 0.496 e. The molecule has 0 atom stereocenters. The van der Waals surface area contributed by atoms with Gasteiger partial charge in [0.1, 0.15) is 23.1 Å². The number of nitrogens with zero attached hydrogens (tertiary/aromatic N) is 1. The Balaban J connectivity index is 2.35. The molecule has 0 aromatic heterocycles. The predicted octanol–water partition coefficient (Wildman–Crippen LogP) is 3.69. The normalized spacial score (nSPS) is 11.1. The highest BCUT2D eigenvalue weighted by atomic mass is 19.1. The highest BCUT2D eigenvalue weighted by molar-refractivity contribution is 6.04. The summed E-state index contributed by atoms with van der Waals surface area (Å²) in [5, 5.41) is 4.31. The lowest BCUT2D eigenvalue weighted by Gasteiger charge is -2.15. The van der Waals surface area contributed by atoms with Crippen LogP contribution in [0.3, 0.4) is 0 Å². The smallest absolute Gasteiger partial charge is 0.135 e. The van der Waals surface area contributed by atoms with Crippen LogP contribution in [0.2, 0.25) is 0 Å². The van der Waals surface area contributed by atoms with Crippen LogP contribution in [-0.4, -0.2) is 27.0 Å². The third-order valence-electron chi connectivity index (χ3n) is 3.27. The maximum Gasteiger partial charge on any atom is 0.135 e. The molecule has 0 fully saturated rings. The molecule has 6 heteroatoms. The van der Waals surface area contributed by atoms with Gasteiger partial charge in [0, 0.05) is 12.1 Å². The molecular weight excluding hydrogens is 299 g/mol. The van der Waals surface area contributed by atoms with Crippen molar-refractivity contribution < 1.29 is 18.6 Å². The Morgan fingerprint density at radius 3 is 2.00 bits per heavy atom. The van der Waals surface area contributed by atoms with Crippen molar-refractivity contribution in [2.75, 3.05) is 26.8 Å². The molecule has 0 amide bonds. The van der Waals surface area contributed by atoms with E-state index in [-0.39, 0.29) is 5.82 Å². The van der Waals surface area contributed by atoms with Gasteiger partial charge in [-0.1, -0.05) is 0 Å². The first kappa shape index (κ1) is 16.6. The SMILES string of the molecule is COc1cc(OC)c(/C(C)=N/Nc2ccc(F)cc2)c(OC)c1. The third-order valence-corrected chi connectivity index (χ3v) is 3.27. The molecule has 0 saturated heterocycles. The van der Waals surface area contributed by atoms with E-state index in [0.29, 0.717) is 34.2 Å². The molecule has 0 bridgehead atoms. The quantitative estimate of drug-likeness (QED) is 0.652. The molecule has 5 nitrogen and oxygen atoms in total. The van der Waals surface area contributed by atoms with E-state index in [9.17, 15) is 4.39 Å². The first-order valence-corrected chi connectivity index (χ1v) is 6.95. The molecular formula is C17H19FN2O3. The lowest BCUT2D eigenvalue weighted by Crippen LogP contribution is -2.06. The molecule has 0 saturated carbocycles. The molecule has 122 valence electrons. The van der Waals surface area contributed by atoms with Gasteiger partial charge >= 0.3 is 0 Å². The fraction of sp³-hybridized carbons (Fsp3) is 0.235. The number of rotatable bonds is 6. The van der Waals surface area contributed by atoms with Crippen molar-refractivity contribution in [2.24, 2.45) is 5.10 Å². The van der Waals surface area contributed by atoms with Gasteiger partial charge in [0.05, 0.1) is 38.3 Å². The van der Waals surface area contributed by atoms with Crippen LogP contribution >= 0.6 is 0 Å². The van der Waals surface area contributed by atoms with Gasteiger partial charge < -0.3 is 14.2 Å². The minimum absolute atomic E-state index is 0.297. The number of methoxy groups -OCH3 is 3.